The zero-order valence-electron chi connectivity index (χ0n) is 11.5. The molecular weight excluding hydrogens is 310 g/mol. The number of halogens is 6. The van der Waals surface area contributed by atoms with Crippen LogP contribution in [0, 0.1) is 31.3 Å². The topological polar surface area (TPSA) is 9.23 Å². The van der Waals surface area contributed by atoms with E-state index in [1.54, 1.807) is 0 Å². The van der Waals surface area contributed by atoms with E-state index in [1.165, 1.54) is 19.1 Å². The summed E-state index contributed by atoms with van der Waals surface area (Å²) < 4.78 is 81.4. The summed E-state index contributed by atoms with van der Waals surface area (Å²) in [5.74, 6) is -4.59. The number of hydrogen-bond acceptors (Lipinski definition) is 1. The summed E-state index contributed by atoms with van der Waals surface area (Å²) in [6, 6.07) is 4.31. The number of hydrogen-bond donors (Lipinski definition) is 0. The van der Waals surface area contributed by atoms with Gasteiger partial charge >= 0.3 is 6.36 Å². The van der Waals surface area contributed by atoms with Crippen molar-refractivity contribution in [3.8, 4) is 16.9 Å². The molecule has 0 unspecified atom stereocenters. The summed E-state index contributed by atoms with van der Waals surface area (Å²) in [4.78, 5) is 0. The summed E-state index contributed by atoms with van der Waals surface area (Å²) in [6.07, 6.45) is -5.05. The smallest absolute Gasteiger partial charge is 0.403 e. The first-order valence-electron chi connectivity index (χ1n) is 6.11. The lowest BCUT2D eigenvalue weighted by molar-refractivity contribution is -0.275. The van der Waals surface area contributed by atoms with Crippen LogP contribution in [-0.2, 0) is 0 Å². The molecule has 0 aromatic heterocycles. The van der Waals surface area contributed by atoms with Crippen LogP contribution in [0.1, 0.15) is 11.1 Å². The standard InChI is InChI=1S/C15H10F6O/c1-7-3-4-10(14(18)12(7)16)9-5-6-11(13(17)8(9)2)22-15(19,20)21/h3-6H,1-2H3. The Morgan fingerprint density at radius 2 is 1.36 bits per heavy atom. The zero-order chi connectivity index (χ0) is 16.7. The van der Waals surface area contributed by atoms with Crippen LogP contribution >= 0.6 is 0 Å². The van der Waals surface area contributed by atoms with Gasteiger partial charge in [-0.2, -0.15) is 0 Å². The minimum Gasteiger partial charge on any atom is -0.403 e. The normalized spacial score (nSPS) is 11.6. The molecule has 0 aliphatic heterocycles. The minimum atomic E-state index is -5.05. The molecule has 0 spiro atoms. The second-order valence-corrected chi connectivity index (χ2v) is 4.66. The van der Waals surface area contributed by atoms with Gasteiger partial charge in [0.15, 0.2) is 23.2 Å². The Morgan fingerprint density at radius 3 is 1.95 bits per heavy atom. The summed E-state index contributed by atoms with van der Waals surface area (Å²) >= 11 is 0. The van der Waals surface area contributed by atoms with Crippen molar-refractivity contribution in [2.75, 3.05) is 0 Å². The molecule has 2 aromatic carbocycles. The molecule has 0 saturated carbocycles. The monoisotopic (exact) mass is 320 g/mol. The second-order valence-electron chi connectivity index (χ2n) is 4.66. The van der Waals surface area contributed by atoms with E-state index in [0.717, 1.165) is 19.1 Å². The first-order valence-corrected chi connectivity index (χ1v) is 6.11. The summed E-state index contributed by atoms with van der Waals surface area (Å²) in [5.41, 5.74) is -0.498. The largest absolute Gasteiger partial charge is 0.573 e. The number of aryl methyl sites for hydroxylation is 1. The summed E-state index contributed by atoms with van der Waals surface area (Å²) in [7, 11) is 0. The minimum absolute atomic E-state index is 0.0524. The van der Waals surface area contributed by atoms with E-state index in [1.807, 2.05) is 0 Å². The Balaban J connectivity index is 2.55. The Labute approximate surface area is 122 Å². The van der Waals surface area contributed by atoms with Crippen molar-refractivity contribution in [1.29, 1.82) is 0 Å². The lowest BCUT2D eigenvalue weighted by Gasteiger charge is -2.14. The van der Waals surface area contributed by atoms with Crippen LogP contribution in [0.5, 0.6) is 5.75 Å². The van der Waals surface area contributed by atoms with Crippen LogP contribution in [0.3, 0.4) is 0 Å². The highest BCUT2D eigenvalue weighted by molar-refractivity contribution is 5.69. The van der Waals surface area contributed by atoms with E-state index < -0.39 is 29.6 Å². The fourth-order valence-corrected chi connectivity index (χ4v) is 2.01. The number of rotatable bonds is 2. The van der Waals surface area contributed by atoms with Crippen molar-refractivity contribution in [3.05, 3.63) is 52.8 Å². The molecule has 0 heterocycles. The number of benzene rings is 2. The summed E-state index contributed by atoms with van der Waals surface area (Å²) in [6.45, 7) is 2.51. The van der Waals surface area contributed by atoms with Crippen LogP contribution in [-0.4, -0.2) is 6.36 Å². The first-order chi connectivity index (χ1) is 10.1. The van der Waals surface area contributed by atoms with Gasteiger partial charge in [0.25, 0.3) is 0 Å². The molecule has 0 saturated heterocycles. The molecule has 2 aromatic rings. The SMILES string of the molecule is Cc1ccc(-c2ccc(OC(F)(F)F)c(F)c2C)c(F)c1F. The van der Waals surface area contributed by atoms with Gasteiger partial charge in [-0.15, -0.1) is 13.2 Å². The maximum atomic E-state index is 13.9. The third kappa shape index (κ3) is 3.03. The quantitative estimate of drug-likeness (QED) is 0.684. The van der Waals surface area contributed by atoms with Crippen LogP contribution in [0.25, 0.3) is 11.1 Å². The van der Waals surface area contributed by atoms with Crippen molar-refractivity contribution in [3.63, 3.8) is 0 Å². The molecule has 2 rings (SSSR count). The molecule has 0 N–H and O–H groups in total. The Kier molecular flexibility index (Phi) is 4.08. The Morgan fingerprint density at radius 1 is 0.773 bits per heavy atom. The fourth-order valence-electron chi connectivity index (χ4n) is 2.01. The molecule has 0 aliphatic rings. The highest BCUT2D eigenvalue weighted by Crippen LogP contribution is 2.35. The maximum absolute atomic E-state index is 13.9. The maximum Gasteiger partial charge on any atom is 0.573 e. The highest BCUT2D eigenvalue weighted by Gasteiger charge is 2.33. The molecular formula is C15H10F6O. The van der Waals surface area contributed by atoms with Crippen LogP contribution in [0.2, 0.25) is 0 Å². The van der Waals surface area contributed by atoms with E-state index in [4.69, 9.17) is 0 Å². The van der Waals surface area contributed by atoms with Gasteiger partial charge < -0.3 is 4.74 Å². The third-order valence-electron chi connectivity index (χ3n) is 3.14. The van der Waals surface area contributed by atoms with Gasteiger partial charge in [0.2, 0.25) is 0 Å². The zero-order valence-corrected chi connectivity index (χ0v) is 11.5. The van der Waals surface area contributed by atoms with E-state index >= 15 is 0 Å². The predicted octanol–water partition coefficient (Wildman–Crippen LogP) is 5.29. The molecule has 1 nitrogen and oxygen atoms in total. The van der Waals surface area contributed by atoms with Crippen LogP contribution < -0.4 is 4.74 Å². The second kappa shape index (κ2) is 5.55. The number of alkyl halides is 3. The van der Waals surface area contributed by atoms with Gasteiger partial charge in [-0.1, -0.05) is 18.2 Å². The molecule has 118 valence electrons. The van der Waals surface area contributed by atoms with E-state index in [9.17, 15) is 26.3 Å². The van der Waals surface area contributed by atoms with Crippen molar-refractivity contribution in [1.82, 2.24) is 0 Å². The molecule has 0 radical (unpaired) electrons. The van der Waals surface area contributed by atoms with Gasteiger partial charge in [0, 0.05) is 5.56 Å². The van der Waals surface area contributed by atoms with Crippen molar-refractivity contribution in [2.45, 2.75) is 20.2 Å². The van der Waals surface area contributed by atoms with E-state index in [2.05, 4.69) is 4.74 Å². The molecule has 22 heavy (non-hydrogen) atoms. The van der Waals surface area contributed by atoms with E-state index in [-0.39, 0.29) is 22.3 Å². The lowest BCUT2D eigenvalue weighted by atomic mass is 9.98. The molecule has 7 heteroatoms. The fraction of sp³-hybridized carbons (Fsp3) is 0.200. The van der Waals surface area contributed by atoms with Gasteiger partial charge in [-0.25, -0.2) is 13.2 Å². The van der Waals surface area contributed by atoms with Crippen molar-refractivity contribution < 1.29 is 31.1 Å². The van der Waals surface area contributed by atoms with Crippen LogP contribution in [0.15, 0.2) is 24.3 Å². The lowest BCUT2D eigenvalue weighted by Crippen LogP contribution is -2.18. The van der Waals surface area contributed by atoms with Gasteiger partial charge in [-0.05, 0) is 36.6 Å². The van der Waals surface area contributed by atoms with Gasteiger partial charge in [0.05, 0.1) is 0 Å². The van der Waals surface area contributed by atoms with Gasteiger partial charge in [0.1, 0.15) is 0 Å². The third-order valence-corrected chi connectivity index (χ3v) is 3.14. The Bertz CT molecular complexity index is 721. The average molecular weight is 320 g/mol. The average Bonchev–Trinajstić information content (AvgIpc) is 2.42. The molecule has 0 bridgehead atoms. The summed E-state index contributed by atoms with van der Waals surface area (Å²) in [5, 5.41) is 0. The number of ether oxygens (including phenoxy) is 1. The highest BCUT2D eigenvalue weighted by atomic mass is 19.4. The predicted molar refractivity (Wildman–Crippen MR) is 67.9 cm³/mol. The Hall–Kier alpha value is -2.18. The van der Waals surface area contributed by atoms with E-state index in [0.29, 0.717) is 0 Å². The molecule has 0 amide bonds. The van der Waals surface area contributed by atoms with Gasteiger partial charge in [-0.3, -0.25) is 0 Å². The van der Waals surface area contributed by atoms with Crippen molar-refractivity contribution >= 4 is 0 Å². The molecule has 0 atom stereocenters. The first kappa shape index (κ1) is 16.2. The molecule has 0 fully saturated rings. The van der Waals surface area contributed by atoms with Crippen molar-refractivity contribution in [2.24, 2.45) is 0 Å². The van der Waals surface area contributed by atoms with Crippen LogP contribution in [0.4, 0.5) is 26.3 Å². The molecule has 0 aliphatic carbocycles.